The van der Waals surface area contributed by atoms with E-state index < -0.39 is 86.7 Å². The molecule has 14 heteroatoms. The predicted octanol–water partition coefficient (Wildman–Crippen LogP) is 7.51. The minimum absolute atomic E-state index is 0.0445. The van der Waals surface area contributed by atoms with E-state index >= 15 is 0 Å². The van der Waals surface area contributed by atoms with Crippen molar-refractivity contribution in [1.29, 1.82) is 0 Å². The van der Waals surface area contributed by atoms with Crippen molar-refractivity contribution in [1.82, 2.24) is 0 Å². The fourth-order valence-corrected chi connectivity index (χ4v) is 7.61. The number of hydrogen-bond acceptors (Lipinski definition) is 14. The average Bonchev–Trinajstić information content (AvgIpc) is 3.32. The zero-order chi connectivity index (χ0) is 48.7. The van der Waals surface area contributed by atoms with Gasteiger partial charge in [-0.25, -0.2) is 0 Å². The fourth-order valence-electron chi connectivity index (χ4n) is 7.61. The third kappa shape index (κ3) is 28.0. The molecule has 0 radical (unpaired) electrons. The highest BCUT2D eigenvalue weighted by atomic mass is 16.7. The van der Waals surface area contributed by atoms with Gasteiger partial charge in [-0.05, 0) is 77.0 Å². The Morgan fingerprint density at radius 3 is 1.45 bits per heavy atom. The van der Waals surface area contributed by atoms with Crippen LogP contribution in [0.25, 0.3) is 0 Å². The van der Waals surface area contributed by atoms with Crippen LogP contribution in [0.4, 0.5) is 0 Å². The molecule has 0 aromatic carbocycles. The summed E-state index contributed by atoms with van der Waals surface area (Å²) in [6, 6.07) is 0. The molecule has 11 unspecified atom stereocenters. The van der Waals surface area contributed by atoms with Crippen molar-refractivity contribution < 1.29 is 69.0 Å². The summed E-state index contributed by atoms with van der Waals surface area (Å²) < 4.78 is 34.2. The molecule has 7 N–H and O–H groups in total. The molecule has 0 aliphatic carbocycles. The summed E-state index contributed by atoms with van der Waals surface area (Å²) in [7, 11) is 0. The van der Waals surface area contributed by atoms with E-state index in [-0.39, 0.29) is 19.6 Å². The third-order valence-electron chi connectivity index (χ3n) is 11.7. The number of carbonyl (C=O) groups is 1. The Kier molecular flexibility index (Phi) is 36.3. The second kappa shape index (κ2) is 40.2. The van der Waals surface area contributed by atoms with Gasteiger partial charge in [-0.1, -0.05) is 145 Å². The lowest BCUT2D eigenvalue weighted by molar-refractivity contribution is -0.332. The number of aliphatic hydroxyl groups excluding tert-OH is 7. The summed E-state index contributed by atoms with van der Waals surface area (Å²) in [5.41, 5.74) is 0. The summed E-state index contributed by atoms with van der Waals surface area (Å²) in [5, 5.41) is 72.1. The van der Waals surface area contributed by atoms with E-state index in [1.807, 2.05) is 0 Å². The van der Waals surface area contributed by atoms with Crippen molar-refractivity contribution in [2.24, 2.45) is 0 Å². The van der Waals surface area contributed by atoms with Crippen LogP contribution in [0.2, 0.25) is 0 Å². The van der Waals surface area contributed by atoms with Gasteiger partial charge < -0.3 is 64.2 Å². The van der Waals surface area contributed by atoms with Gasteiger partial charge >= 0.3 is 5.97 Å². The molecular weight excluding hydrogens is 861 g/mol. The maximum atomic E-state index is 13.0. The third-order valence-corrected chi connectivity index (χ3v) is 11.7. The Morgan fingerprint density at radius 1 is 0.493 bits per heavy atom. The summed E-state index contributed by atoms with van der Waals surface area (Å²) >= 11 is 0. The van der Waals surface area contributed by atoms with Gasteiger partial charge in [0.05, 0.1) is 26.4 Å². The van der Waals surface area contributed by atoms with E-state index in [2.05, 4.69) is 86.8 Å². The molecule has 0 saturated carbocycles. The van der Waals surface area contributed by atoms with E-state index in [1.165, 1.54) is 25.7 Å². The topological polar surface area (TPSA) is 214 Å². The van der Waals surface area contributed by atoms with Crippen LogP contribution in [0.5, 0.6) is 0 Å². The van der Waals surface area contributed by atoms with Crippen molar-refractivity contribution in [2.45, 2.75) is 223 Å². The Balaban J connectivity index is 1.78. The summed E-state index contributed by atoms with van der Waals surface area (Å²) in [6.45, 7) is 3.40. The van der Waals surface area contributed by atoms with Gasteiger partial charge in [-0.2, -0.15) is 0 Å². The number of allylic oxidation sites excluding steroid dienone is 12. The molecule has 0 aromatic rings. The number of hydrogen-bond donors (Lipinski definition) is 7. The standard InChI is InChI=1S/C53H90O14/c1-3-5-7-9-11-13-15-17-19-21-22-24-26-28-30-32-34-36-45(55)65-42(39-62-37-35-33-31-29-27-25-23-20-18-16-14-12-10-8-6-4-2)40-63-52-51(61)49(59)47(57)44(67-52)41-64-53-50(60)48(58)46(56)43(38-54)66-53/h5-8,11-14,17-20,42-44,46-54,56-61H,3-4,9-10,15-16,21-41H2,1-2H3/b7-5-,8-6-,13-11-,14-12-,19-17-,20-18-. The largest absolute Gasteiger partial charge is 0.457 e. The highest BCUT2D eigenvalue weighted by molar-refractivity contribution is 5.69. The van der Waals surface area contributed by atoms with Crippen molar-refractivity contribution in [3.8, 4) is 0 Å². The molecule has 2 aliphatic heterocycles. The van der Waals surface area contributed by atoms with Gasteiger partial charge in [0, 0.05) is 13.0 Å². The molecule has 67 heavy (non-hydrogen) atoms. The second-order valence-corrected chi connectivity index (χ2v) is 17.6. The van der Waals surface area contributed by atoms with Crippen LogP contribution >= 0.6 is 0 Å². The molecule has 0 spiro atoms. The number of ether oxygens (including phenoxy) is 6. The van der Waals surface area contributed by atoms with Gasteiger partial charge in [0.2, 0.25) is 0 Å². The first kappa shape index (κ1) is 60.6. The monoisotopic (exact) mass is 951 g/mol. The highest BCUT2D eigenvalue weighted by Crippen LogP contribution is 2.26. The van der Waals surface area contributed by atoms with Crippen LogP contribution < -0.4 is 0 Å². The minimum Gasteiger partial charge on any atom is -0.457 e. The summed E-state index contributed by atoms with van der Waals surface area (Å²) in [5.74, 6) is -0.395. The van der Waals surface area contributed by atoms with Crippen LogP contribution in [0.15, 0.2) is 72.9 Å². The molecule has 11 atom stereocenters. The van der Waals surface area contributed by atoms with Crippen LogP contribution in [0.1, 0.15) is 155 Å². The van der Waals surface area contributed by atoms with Crippen LogP contribution in [-0.4, -0.2) is 142 Å². The SMILES string of the molecule is CC/C=C\C/C=C\C/C=C\CCCCCCCCCC(=O)OC(COCCCCCCCC/C=C\C/C=C\C/C=C\CC)COC1OC(COC2OC(CO)C(O)C(O)C2O)C(O)C(O)C1O. The van der Waals surface area contributed by atoms with Gasteiger partial charge in [-0.15, -0.1) is 0 Å². The molecule has 386 valence electrons. The maximum Gasteiger partial charge on any atom is 0.306 e. The minimum atomic E-state index is -1.71. The van der Waals surface area contributed by atoms with Crippen LogP contribution in [0, 0.1) is 0 Å². The molecule has 2 aliphatic rings. The van der Waals surface area contributed by atoms with Gasteiger partial charge in [0.15, 0.2) is 12.6 Å². The van der Waals surface area contributed by atoms with E-state index in [1.54, 1.807) is 0 Å². The first-order valence-corrected chi connectivity index (χ1v) is 25.5. The van der Waals surface area contributed by atoms with E-state index in [0.717, 1.165) is 103 Å². The molecular formula is C53H90O14. The molecule has 2 saturated heterocycles. The average molecular weight is 951 g/mol. The molecule has 0 bridgehead atoms. The fraction of sp³-hybridized carbons (Fsp3) is 0.755. The van der Waals surface area contributed by atoms with Crippen LogP contribution in [-0.2, 0) is 33.2 Å². The number of aliphatic hydroxyl groups is 7. The molecule has 2 fully saturated rings. The van der Waals surface area contributed by atoms with Crippen molar-refractivity contribution >= 4 is 5.97 Å². The maximum absolute atomic E-state index is 13.0. The first-order valence-electron chi connectivity index (χ1n) is 25.5. The number of rotatable bonds is 39. The lowest BCUT2D eigenvalue weighted by Gasteiger charge is -2.42. The summed E-state index contributed by atoms with van der Waals surface area (Å²) in [4.78, 5) is 13.0. The summed E-state index contributed by atoms with van der Waals surface area (Å²) in [6.07, 6.45) is 32.4. The molecule has 14 nitrogen and oxygen atoms in total. The van der Waals surface area contributed by atoms with Crippen molar-refractivity contribution in [2.75, 3.05) is 33.0 Å². The van der Waals surface area contributed by atoms with E-state index in [4.69, 9.17) is 28.4 Å². The van der Waals surface area contributed by atoms with Crippen LogP contribution in [0.3, 0.4) is 0 Å². The Labute approximate surface area is 402 Å². The lowest BCUT2D eigenvalue weighted by Crippen LogP contribution is -2.61. The lowest BCUT2D eigenvalue weighted by atomic mass is 9.98. The van der Waals surface area contributed by atoms with E-state index in [0.29, 0.717) is 13.0 Å². The van der Waals surface area contributed by atoms with Gasteiger partial charge in [0.1, 0.15) is 54.9 Å². The van der Waals surface area contributed by atoms with E-state index in [9.17, 15) is 40.5 Å². The molecule has 2 rings (SSSR count). The predicted molar refractivity (Wildman–Crippen MR) is 261 cm³/mol. The first-order chi connectivity index (χ1) is 32.6. The van der Waals surface area contributed by atoms with Gasteiger partial charge in [-0.3, -0.25) is 4.79 Å². The number of unbranched alkanes of at least 4 members (excludes halogenated alkanes) is 13. The zero-order valence-electron chi connectivity index (χ0n) is 40.9. The zero-order valence-corrected chi connectivity index (χ0v) is 40.9. The van der Waals surface area contributed by atoms with Crippen molar-refractivity contribution in [3.05, 3.63) is 72.9 Å². The van der Waals surface area contributed by atoms with Crippen molar-refractivity contribution in [3.63, 3.8) is 0 Å². The second-order valence-electron chi connectivity index (χ2n) is 17.6. The number of carbonyl (C=O) groups excluding carboxylic acids is 1. The molecule has 2 heterocycles. The Hall–Kier alpha value is -2.57. The molecule has 0 aromatic heterocycles. The Morgan fingerprint density at radius 2 is 0.925 bits per heavy atom. The smallest absolute Gasteiger partial charge is 0.306 e. The Bertz CT molecular complexity index is 1380. The number of esters is 1. The quantitative estimate of drug-likeness (QED) is 0.0181. The highest BCUT2D eigenvalue weighted by Gasteiger charge is 2.47. The normalized spacial score (nSPS) is 26.7. The van der Waals surface area contributed by atoms with Gasteiger partial charge in [0.25, 0.3) is 0 Å². The molecule has 0 amide bonds.